The van der Waals surface area contributed by atoms with Crippen LogP contribution in [0, 0.1) is 0 Å². The van der Waals surface area contributed by atoms with Crippen LogP contribution in [0.25, 0.3) is 45.3 Å². The van der Waals surface area contributed by atoms with Crippen LogP contribution in [0.3, 0.4) is 0 Å². The fourth-order valence-electron chi connectivity index (χ4n) is 3.07. The third kappa shape index (κ3) is 3.66. The zero-order valence-corrected chi connectivity index (χ0v) is 15.9. The van der Waals surface area contributed by atoms with E-state index in [9.17, 15) is 0 Å². The van der Waals surface area contributed by atoms with E-state index in [4.69, 9.17) is 0 Å². The fraction of sp³-hybridized carbons (Fsp3) is 0. The van der Waals surface area contributed by atoms with Gasteiger partial charge in [0, 0.05) is 22.3 Å². The number of aromatic nitrogens is 6. The van der Waals surface area contributed by atoms with Gasteiger partial charge in [0.2, 0.25) is 0 Å². The highest BCUT2D eigenvalue weighted by atomic mass is 15.2. The van der Waals surface area contributed by atoms with E-state index in [1.165, 1.54) is 0 Å². The van der Waals surface area contributed by atoms with Gasteiger partial charge < -0.3 is 0 Å². The summed E-state index contributed by atoms with van der Waals surface area (Å²) in [4.78, 5) is 8.91. The van der Waals surface area contributed by atoms with Gasteiger partial charge in [0.05, 0.1) is 12.4 Å². The van der Waals surface area contributed by atoms with Crippen molar-refractivity contribution in [3.63, 3.8) is 0 Å². The minimum absolute atomic E-state index is 0.569. The first-order valence-electron chi connectivity index (χ1n) is 9.48. The number of hydrogen-bond acceptors (Lipinski definition) is 6. The Balaban J connectivity index is 1.35. The van der Waals surface area contributed by atoms with E-state index in [1.54, 1.807) is 12.4 Å². The minimum atomic E-state index is 0.569. The lowest BCUT2D eigenvalue weighted by molar-refractivity contribution is 0.983. The minimum Gasteiger partial charge on any atom is -0.233 e. The molecule has 0 aliphatic rings. The average Bonchev–Trinajstić information content (AvgIpc) is 2.85. The first kappa shape index (κ1) is 17.8. The van der Waals surface area contributed by atoms with Crippen LogP contribution in [0.1, 0.15) is 0 Å². The molecule has 0 radical (unpaired) electrons. The van der Waals surface area contributed by atoms with Gasteiger partial charge in [0.15, 0.2) is 11.6 Å². The predicted molar refractivity (Wildman–Crippen MR) is 115 cm³/mol. The molecule has 0 bridgehead atoms. The maximum absolute atomic E-state index is 4.46. The van der Waals surface area contributed by atoms with Gasteiger partial charge in [-0.1, -0.05) is 84.9 Å². The van der Waals surface area contributed by atoms with Crippen molar-refractivity contribution < 1.29 is 0 Å². The summed E-state index contributed by atoms with van der Waals surface area (Å²) in [6.45, 7) is 0. The van der Waals surface area contributed by atoms with Gasteiger partial charge in [0.25, 0.3) is 0 Å². The Bertz CT molecular complexity index is 1140. The Hall–Kier alpha value is -4.32. The molecular weight excluding hydrogens is 372 g/mol. The molecule has 0 aliphatic carbocycles. The quantitative estimate of drug-likeness (QED) is 0.443. The largest absolute Gasteiger partial charge is 0.233 e. The highest BCUT2D eigenvalue weighted by molar-refractivity contribution is 5.65. The van der Waals surface area contributed by atoms with E-state index < -0.39 is 0 Å². The van der Waals surface area contributed by atoms with Crippen molar-refractivity contribution in [1.29, 1.82) is 0 Å². The second kappa shape index (κ2) is 7.97. The van der Waals surface area contributed by atoms with Gasteiger partial charge >= 0.3 is 0 Å². The first-order valence-corrected chi connectivity index (χ1v) is 9.48. The Morgan fingerprint density at radius 2 is 0.767 bits per heavy atom. The van der Waals surface area contributed by atoms with Gasteiger partial charge in [-0.2, -0.15) is 0 Å². The van der Waals surface area contributed by atoms with Crippen molar-refractivity contribution in [2.75, 3.05) is 0 Å². The zero-order valence-electron chi connectivity index (χ0n) is 15.9. The number of rotatable bonds is 4. The Morgan fingerprint density at radius 1 is 0.367 bits per heavy atom. The Kier molecular flexibility index (Phi) is 4.72. The molecule has 0 unspecified atom stereocenters. The molecule has 0 fully saturated rings. The number of hydrogen-bond donors (Lipinski definition) is 0. The van der Waals surface area contributed by atoms with Crippen molar-refractivity contribution >= 4 is 0 Å². The summed E-state index contributed by atoms with van der Waals surface area (Å²) in [6, 6.07) is 27.5. The fourth-order valence-corrected chi connectivity index (χ4v) is 3.07. The predicted octanol–water partition coefficient (Wildman–Crippen LogP) is 4.72. The van der Waals surface area contributed by atoms with Crippen LogP contribution >= 0.6 is 0 Å². The van der Waals surface area contributed by atoms with Gasteiger partial charge in [0.1, 0.15) is 11.4 Å². The topological polar surface area (TPSA) is 77.3 Å². The summed E-state index contributed by atoms with van der Waals surface area (Å²) >= 11 is 0. The lowest BCUT2D eigenvalue weighted by Crippen LogP contribution is -1.96. The van der Waals surface area contributed by atoms with E-state index in [1.807, 2.05) is 84.9 Å². The van der Waals surface area contributed by atoms with Crippen LogP contribution in [-0.4, -0.2) is 30.4 Å². The Morgan fingerprint density at radius 3 is 1.10 bits per heavy atom. The molecule has 6 nitrogen and oxygen atoms in total. The molecular formula is C24H16N6. The molecule has 2 heterocycles. The van der Waals surface area contributed by atoms with Crippen molar-refractivity contribution in [2.45, 2.75) is 0 Å². The smallest absolute Gasteiger partial charge is 0.181 e. The molecule has 0 atom stereocenters. The first-order chi connectivity index (χ1) is 14.9. The zero-order chi connectivity index (χ0) is 20.2. The molecule has 0 N–H and O–H groups in total. The standard InChI is InChI=1S/C24H16N6/c1-3-7-17(8-4-1)21-15-25-23(29-27-21)19-11-13-20(14-12-19)24-26-16-22(28-30-24)18-9-5-2-6-10-18/h1-16H. The van der Waals surface area contributed by atoms with E-state index in [0.29, 0.717) is 11.6 Å². The molecule has 0 aliphatic heterocycles. The van der Waals surface area contributed by atoms with Crippen LogP contribution < -0.4 is 0 Å². The van der Waals surface area contributed by atoms with Crippen molar-refractivity contribution in [1.82, 2.24) is 30.4 Å². The molecule has 5 aromatic rings. The monoisotopic (exact) mass is 388 g/mol. The number of nitrogens with zero attached hydrogens (tertiary/aromatic N) is 6. The number of benzene rings is 3. The summed E-state index contributed by atoms with van der Waals surface area (Å²) in [6.07, 6.45) is 3.47. The lowest BCUT2D eigenvalue weighted by atomic mass is 10.1. The molecule has 3 aromatic carbocycles. The third-order valence-electron chi connectivity index (χ3n) is 4.66. The van der Waals surface area contributed by atoms with Crippen molar-refractivity contribution in [3.05, 3.63) is 97.3 Å². The maximum atomic E-state index is 4.46. The SMILES string of the molecule is c1ccc(-c2cnc(-c3ccc(-c4ncc(-c5ccccc5)nn4)cc3)nn2)cc1. The van der Waals surface area contributed by atoms with Gasteiger partial charge in [-0.25, -0.2) is 9.97 Å². The molecule has 0 spiro atoms. The maximum Gasteiger partial charge on any atom is 0.181 e. The molecule has 30 heavy (non-hydrogen) atoms. The second-order valence-corrected chi connectivity index (χ2v) is 6.64. The third-order valence-corrected chi connectivity index (χ3v) is 4.66. The van der Waals surface area contributed by atoms with Gasteiger partial charge in [-0.15, -0.1) is 20.4 Å². The summed E-state index contributed by atoms with van der Waals surface area (Å²) in [5.74, 6) is 1.14. The van der Waals surface area contributed by atoms with Crippen LogP contribution in [0.2, 0.25) is 0 Å². The highest BCUT2D eigenvalue weighted by Crippen LogP contribution is 2.22. The van der Waals surface area contributed by atoms with Crippen molar-refractivity contribution in [3.8, 4) is 45.3 Å². The van der Waals surface area contributed by atoms with E-state index in [0.717, 1.165) is 33.6 Å². The average molecular weight is 388 g/mol. The summed E-state index contributed by atoms with van der Waals surface area (Å²) in [5, 5.41) is 17.1. The lowest BCUT2D eigenvalue weighted by Gasteiger charge is -2.04. The van der Waals surface area contributed by atoms with Crippen LogP contribution in [0.4, 0.5) is 0 Å². The van der Waals surface area contributed by atoms with E-state index in [2.05, 4.69) is 30.4 Å². The van der Waals surface area contributed by atoms with Crippen LogP contribution in [0.5, 0.6) is 0 Å². The van der Waals surface area contributed by atoms with Crippen LogP contribution in [0.15, 0.2) is 97.3 Å². The molecule has 5 rings (SSSR count). The molecule has 0 amide bonds. The summed E-state index contributed by atoms with van der Waals surface area (Å²) in [7, 11) is 0. The molecule has 142 valence electrons. The molecule has 6 heteroatoms. The van der Waals surface area contributed by atoms with E-state index >= 15 is 0 Å². The summed E-state index contributed by atoms with van der Waals surface area (Å²) < 4.78 is 0. The normalized spacial score (nSPS) is 10.7. The second-order valence-electron chi connectivity index (χ2n) is 6.64. The van der Waals surface area contributed by atoms with E-state index in [-0.39, 0.29) is 0 Å². The van der Waals surface area contributed by atoms with Gasteiger partial charge in [-0.05, 0) is 0 Å². The highest BCUT2D eigenvalue weighted by Gasteiger charge is 2.08. The van der Waals surface area contributed by atoms with Crippen molar-refractivity contribution in [2.24, 2.45) is 0 Å². The molecule has 0 saturated carbocycles. The van der Waals surface area contributed by atoms with Crippen LogP contribution in [-0.2, 0) is 0 Å². The molecule has 2 aromatic heterocycles. The summed E-state index contributed by atoms with van der Waals surface area (Å²) in [5.41, 5.74) is 5.22. The molecule has 0 saturated heterocycles. The Labute approximate surface area is 173 Å². The van der Waals surface area contributed by atoms with Gasteiger partial charge in [-0.3, -0.25) is 0 Å².